The molecule has 6 nitrogen and oxygen atoms in total. The van der Waals surface area contributed by atoms with Crippen molar-refractivity contribution in [1.29, 1.82) is 5.41 Å². The SMILES string of the molecule is C/C1=C/C(C(=O)C(=N)CC(C)C)c2cn(Cc3cnc(COC4CCC4)c(C)c3)nc2/C=C\CC1. The number of fused-ring (bicyclic) bond motifs is 1. The minimum Gasteiger partial charge on any atom is -0.372 e. The summed E-state index contributed by atoms with van der Waals surface area (Å²) >= 11 is 0. The molecule has 0 spiro atoms. The van der Waals surface area contributed by atoms with Gasteiger partial charge in [-0.15, -0.1) is 0 Å². The summed E-state index contributed by atoms with van der Waals surface area (Å²) in [6.45, 7) is 9.37. The van der Waals surface area contributed by atoms with E-state index in [0.717, 1.165) is 53.8 Å². The Kier molecular flexibility index (Phi) is 8.11. The van der Waals surface area contributed by atoms with Gasteiger partial charge in [-0.2, -0.15) is 5.10 Å². The molecule has 1 saturated carbocycles. The number of aryl methyl sites for hydroxylation is 1. The molecule has 2 heterocycles. The third-order valence-electron chi connectivity index (χ3n) is 6.88. The van der Waals surface area contributed by atoms with Crippen LogP contribution in [0, 0.1) is 18.3 Å². The highest BCUT2D eigenvalue weighted by Crippen LogP contribution is 2.29. The fourth-order valence-electron chi connectivity index (χ4n) is 4.60. The molecule has 2 aliphatic rings. The number of carbonyl (C=O) groups is 1. The van der Waals surface area contributed by atoms with Crippen molar-refractivity contribution >= 4 is 17.6 Å². The third-order valence-corrected chi connectivity index (χ3v) is 6.88. The zero-order valence-corrected chi connectivity index (χ0v) is 21.5. The van der Waals surface area contributed by atoms with Crippen LogP contribution < -0.4 is 0 Å². The summed E-state index contributed by atoms with van der Waals surface area (Å²) in [5, 5.41) is 13.2. The molecular formula is C29H38N4O2. The van der Waals surface area contributed by atoms with Crippen molar-refractivity contribution in [1.82, 2.24) is 14.8 Å². The molecule has 2 aromatic heterocycles. The standard InChI is InChI=1S/C29H38N4O2/c1-19(2)12-26(30)29(34)24-13-20(3)8-5-6-11-27-25(24)17-33(32-27)16-22-14-21(4)28(31-15-22)18-35-23-9-7-10-23/h6,11,13-15,17,19,23-24,30H,5,7-10,12,16,18H2,1-4H3/b11-6-,20-13-,30-26?. The number of rotatable bonds is 9. The Labute approximate surface area is 209 Å². The minimum atomic E-state index is -0.473. The maximum atomic E-state index is 13.4. The lowest BCUT2D eigenvalue weighted by atomic mass is 9.88. The van der Waals surface area contributed by atoms with E-state index in [0.29, 0.717) is 25.7 Å². The molecule has 1 N–H and O–H groups in total. The lowest BCUT2D eigenvalue weighted by Crippen LogP contribution is -2.22. The lowest BCUT2D eigenvalue weighted by molar-refractivity contribution is -0.113. The number of hydrogen-bond donors (Lipinski definition) is 1. The Hall–Kier alpha value is -2.86. The first kappa shape index (κ1) is 25.2. The van der Waals surface area contributed by atoms with E-state index in [4.69, 9.17) is 15.2 Å². The summed E-state index contributed by atoms with van der Waals surface area (Å²) in [6, 6.07) is 2.15. The van der Waals surface area contributed by atoms with Crippen LogP contribution in [0.25, 0.3) is 6.08 Å². The van der Waals surface area contributed by atoms with Gasteiger partial charge in [-0.3, -0.25) is 14.5 Å². The number of hydrogen-bond acceptors (Lipinski definition) is 5. The van der Waals surface area contributed by atoms with Crippen LogP contribution >= 0.6 is 0 Å². The van der Waals surface area contributed by atoms with Crippen molar-refractivity contribution in [3.63, 3.8) is 0 Å². The molecule has 1 fully saturated rings. The summed E-state index contributed by atoms with van der Waals surface area (Å²) in [5.74, 6) is -0.325. The summed E-state index contributed by atoms with van der Waals surface area (Å²) in [7, 11) is 0. The molecule has 0 bridgehead atoms. The topological polar surface area (TPSA) is 80.9 Å². The van der Waals surface area contributed by atoms with Crippen molar-refractivity contribution in [3.05, 3.63) is 64.3 Å². The summed E-state index contributed by atoms with van der Waals surface area (Å²) in [4.78, 5) is 18.0. The zero-order valence-electron chi connectivity index (χ0n) is 21.5. The monoisotopic (exact) mass is 474 g/mol. The lowest BCUT2D eigenvalue weighted by Gasteiger charge is -2.25. The average molecular weight is 475 g/mol. The first-order chi connectivity index (χ1) is 16.8. The quantitative estimate of drug-likeness (QED) is 0.348. The second-order valence-corrected chi connectivity index (χ2v) is 10.5. The van der Waals surface area contributed by atoms with Gasteiger partial charge in [0.2, 0.25) is 0 Å². The van der Waals surface area contributed by atoms with Gasteiger partial charge >= 0.3 is 0 Å². The average Bonchev–Trinajstić information content (AvgIpc) is 3.18. The van der Waals surface area contributed by atoms with Gasteiger partial charge in [0.05, 0.1) is 42.3 Å². The molecule has 0 radical (unpaired) electrons. The van der Waals surface area contributed by atoms with Crippen molar-refractivity contribution in [2.24, 2.45) is 5.92 Å². The Morgan fingerprint density at radius 1 is 1.29 bits per heavy atom. The summed E-state index contributed by atoms with van der Waals surface area (Å²) in [5.41, 5.74) is 6.22. The number of pyridine rings is 1. The third kappa shape index (κ3) is 6.43. The molecule has 2 aromatic rings. The van der Waals surface area contributed by atoms with Crippen molar-refractivity contribution in [2.45, 2.75) is 91.4 Å². The molecule has 186 valence electrons. The Morgan fingerprint density at radius 2 is 2.09 bits per heavy atom. The Bertz CT molecular complexity index is 1140. The number of allylic oxidation sites excluding steroid dienone is 3. The van der Waals surface area contributed by atoms with Crippen LogP contribution in [-0.2, 0) is 22.7 Å². The van der Waals surface area contributed by atoms with Gasteiger partial charge < -0.3 is 10.1 Å². The van der Waals surface area contributed by atoms with Crippen LogP contribution in [0.15, 0.2) is 36.2 Å². The van der Waals surface area contributed by atoms with Gasteiger partial charge in [-0.05, 0) is 75.5 Å². The van der Waals surface area contributed by atoms with Gasteiger partial charge in [-0.1, -0.05) is 37.6 Å². The molecule has 4 rings (SSSR count). The summed E-state index contributed by atoms with van der Waals surface area (Å²) < 4.78 is 7.83. The van der Waals surface area contributed by atoms with Gasteiger partial charge in [0.15, 0.2) is 5.78 Å². The fraction of sp³-hybridized carbons (Fsp3) is 0.517. The first-order valence-electron chi connectivity index (χ1n) is 12.9. The van der Waals surface area contributed by atoms with E-state index in [9.17, 15) is 4.79 Å². The molecule has 0 saturated heterocycles. The number of nitrogens with one attached hydrogen (secondary N) is 1. The number of ether oxygens (including phenoxy) is 1. The Balaban J connectivity index is 1.56. The first-order valence-corrected chi connectivity index (χ1v) is 12.9. The van der Waals surface area contributed by atoms with Crippen LogP contribution in [0.1, 0.15) is 93.3 Å². The zero-order chi connectivity index (χ0) is 24.9. The van der Waals surface area contributed by atoms with Crippen LogP contribution in [0.5, 0.6) is 0 Å². The molecular weight excluding hydrogens is 436 g/mol. The molecule has 0 aromatic carbocycles. The van der Waals surface area contributed by atoms with E-state index in [1.54, 1.807) is 0 Å². The van der Waals surface area contributed by atoms with Gasteiger partial charge in [0, 0.05) is 18.0 Å². The largest absolute Gasteiger partial charge is 0.372 e. The highest BCUT2D eigenvalue weighted by molar-refractivity contribution is 6.41. The maximum absolute atomic E-state index is 13.4. The van der Waals surface area contributed by atoms with Gasteiger partial charge in [0.1, 0.15) is 0 Å². The predicted molar refractivity (Wildman–Crippen MR) is 140 cm³/mol. The minimum absolute atomic E-state index is 0.123. The summed E-state index contributed by atoms with van der Waals surface area (Å²) in [6.07, 6.45) is 16.3. The molecule has 1 unspecified atom stereocenters. The molecule has 6 heteroatoms. The number of Topliss-reactive ketones (excluding diaryl/α,β-unsaturated/α-hetero) is 1. The van der Waals surface area contributed by atoms with Crippen molar-refractivity contribution in [2.75, 3.05) is 0 Å². The second kappa shape index (κ2) is 11.3. The predicted octanol–water partition coefficient (Wildman–Crippen LogP) is 6.18. The number of ketones is 1. The van der Waals surface area contributed by atoms with E-state index in [1.807, 2.05) is 43.1 Å². The van der Waals surface area contributed by atoms with Crippen LogP contribution in [0.3, 0.4) is 0 Å². The molecule has 0 aliphatic heterocycles. The van der Waals surface area contributed by atoms with Crippen molar-refractivity contribution < 1.29 is 9.53 Å². The molecule has 0 amide bonds. The van der Waals surface area contributed by atoms with Crippen LogP contribution in [0.2, 0.25) is 0 Å². The van der Waals surface area contributed by atoms with Gasteiger partial charge in [-0.25, -0.2) is 0 Å². The van der Waals surface area contributed by atoms with E-state index < -0.39 is 5.92 Å². The number of nitrogens with zero attached hydrogens (tertiary/aromatic N) is 3. The van der Waals surface area contributed by atoms with Gasteiger partial charge in [0.25, 0.3) is 0 Å². The Morgan fingerprint density at radius 3 is 2.77 bits per heavy atom. The van der Waals surface area contributed by atoms with Crippen molar-refractivity contribution in [3.8, 4) is 0 Å². The van der Waals surface area contributed by atoms with E-state index in [1.165, 1.54) is 12.0 Å². The second-order valence-electron chi connectivity index (χ2n) is 10.5. The molecule has 2 aliphatic carbocycles. The number of carbonyl (C=O) groups excluding carboxylic acids is 1. The van der Waals surface area contributed by atoms with Crippen LogP contribution in [-0.4, -0.2) is 32.4 Å². The molecule has 35 heavy (non-hydrogen) atoms. The smallest absolute Gasteiger partial charge is 0.187 e. The van der Waals surface area contributed by atoms with E-state index >= 15 is 0 Å². The fourth-order valence-corrected chi connectivity index (χ4v) is 4.60. The van der Waals surface area contributed by atoms with E-state index in [-0.39, 0.29) is 17.4 Å². The normalized spacial score (nSPS) is 20.7. The van der Waals surface area contributed by atoms with E-state index in [2.05, 4.69) is 31.0 Å². The highest BCUT2D eigenvalue weighted by Gasteiger charge is 2.27. The number of aromatic nitrogens is 3. The van der Waals surface area contributed by atoms with Crippen LogP contribution in [0.4, 0.5) is 0 Å². The maximum Gasteiger partial charge on any atom is 0.187 e. The molecule has 1 atom stereocenters. The highest BCUT2D eigenvalue weighted by atomic mass is 16.5.